The number of aromatic nitrogens is 2. The molecule has 1 aromatic heterocycles. The van der Waals surface area contributed by atoms with Gasteiger partial charge in [0.2, 0.25) is 0 Å². The van der Waals surface area contributed by atoms with Gasteiger partial charge in [0, 0.05) is 11.3 Å². The number of benzene rings is 1. The predicted octanol–water partition coefficient (Wildman–Crippen LogP) is 2.88. The number of hydrogen-bond acceptors (Lipinski definition) is 4. The van der Waals surface area contributed by atoms with Crippen LogP contribution in [0.1, 0.15) is 19.7 Å². The molecule has 0 amide bonds. The fourth-order valence-electron chi connectivity index (χ4n) is 1.69. The molecular formula is C13H17N3O2S2. The summed E-state index contributed by atoms with van der Waals surface area (Å²) in [4.78, 5) is 7.74. The van der Waals surface area contributed by atoms with Gasteiger partial charge in [0.15, 0.2) is 5.03 Å². The molecule has 0 fully saturated rings. The average Bonchev–Trinajstić information content (AvgIpc) is 2.91. The first kappa shape index (κ1) is 14.9. The summed E-state index contributed by atoms with van der Waals surface area (Å²) >= 11 is 1.59. The van der Waals surface area contributed by atoms with Crippen LogP contribution >= 0.6 is 11.8 Å². The smallest absolute Gasteiger partial charge is 0.279 e. The van der Waals surface area contributed by atoms with Crippen LogP contribution in [0.5, 0.6) is 0 Å². The van der Waals surface area contributed by atoms with Gasteiger partial charge in [-0.1, -0.05) is 26.0 Å². The largest absolute Gasteiger partial charge is 0.332 e. The second-order valence-electron chi connectivity index (χ2n) is 4.08. The van der Waals surface area contributed by atoms with E-state index < -0.39 is 10.0 Å². The van der Waals surface area contributed by atoms with Crippen LogP contribution in [0.3, 0.4) is 0 Å². The molecular weight excluding hydrogens is 294 g/mol. The van der Waals surface area contributed by atoms with E-state index >= 15 is 0 Å². The molecule has 2 rings (SSSR count). The number of aromatic amines is 1. The zero-order valence-corrected chi connectivity index (χ0v) is 13.0. The molecule has 0 bridgehead atoms. The molecule has 0 aliphatic heterocycles. The van der Waals surface area contributed by atoms with Crippen molar-refractivity contribution in [3.05, 3.63) is 36.3 Å². The van der Waals surface area contributed by atoms with Crippen LogP contribution in [0, 0.1) is 0 Å². The summed E-state index contributed by atoms with van der Waals surface area (Å²) < 4.78 is 27.2. The number of aryl methyl sites for hydroxylation is 1. The molecule has 1 heterocycles. The van der Waals surface area contributed by atoms with Crippen LogP contribution in [0.2, 0.25) is 0 Å². The van der Waals surface area contributed by atoms with E-state index in [0.29, 0.717) is 17.9 Å². The van der Waals surface area contributed by atoms with E-state index in [9.17, 15) is 8.42 Å². The number of nitrogens with zero attached hydrogens (tertiary/aromatic N) is 1. The third-order valence-corrected chi connectivity index (χ3v) is 4.89. The van der Waals surface area contributed by atoms with Gasteiger partial charge in [-0.05, 0) is 17.9 Å². The lowest BCUT2D eigenvalue weighted by molar-refractivity contribution is 0.598. The molecule has 0 unspecified atom stereocenters. The summed E-state index contributed by atoms with van der Waals surface area (Å²) in [6.07, 6.45) is 2.01. The van der Waals surface area contributed by atoms with Crippen molar-refractivity contribution in [1.29, 1.82) is 0 Å². The maximum atomic E-state index is 12.3. The number of para-hydroxylation sites is 1. The fraction of sp³-hybridized carbons (Fsp3) is 0.308. The minimum absolute atomic E-state index is 0.0886. The van der Waals surface area contributed by atoms with Crippen LogP contribution in [0.15, 0.2) is 40.4 Å². The van der Waals surface area contributed by atoms with Crippen molar-refractivity contribution < 1.29 is 8.42 Å². The highest BCUT2D eigenvalue weighted by molar-refractivity contribution is 7.99. The molecule has 0 aliphatic carbocycles. The van der Waals surface area contributed by atoms with Crippen LogP contribution in [-0.2, 0) is 16.4 Å². The number of hydrogen-bond donors (Lipinski definition) is 2. The first-order chi connectivity index (χ1) is 9.56. The second kappa shape index (κ2) is 6.32. The summed E-state index contributed by atoms with van der Waals surface area (Å²) in [5.41, 5.74) is 0.590. The highest BCUT2D eigenvalue weighted by Gasteiger charge is 2.18. The van der Waals surface area contributed by atoms with Gasteiger partial charge < -0.3 is 4.98 Å². The molecule has 2 N–H and O–H groups in total. The number of nitrogens with one attached hydrogen (secondary N) is 2. The Morgan fingerprint density at radius 1 is 1.30 bits per heavy atom. The zero-order chi connectivity index (χ0) is 14.6. The van der Waals surface area contributed by atoms with E-state index in [1.165, 1.54) is 6.20 Å². The van der Waals surface area contributed by atoms with E-state index in [1.807, 2.05) is 32.0 Å². The highest BCUT2D eigenvalue weighted by atomic mass is 32.2. The maximum Gasteiger partial charge on any atom is 0.279 e. The summed E-state index contributed by atoms with van der Waals surface area (Å²) in [5, 5.41) is 0.0886. The van der Waals surface area contributed by atoms with Crippen molar-refractivity contribution >= 4 is 27.5 Å². The van der Waals surface area contributed by atoms with Gasteiger partial charge >= 0.3 is 0 Å². The summed E-state index contributed by atoms with van der Waals surface area (Å²) in [6.45, 7) is 3.94. The average molecular weight is 311 g/mol. The van der Waals surface area contributed by atoms with E-state index in [0.717, 1.165) is 10.6 Å². The number of rotatable bonds is 6. The Bertz CT molecular complexity index is 680. The third-order valence-electron chi connectivity index (χ3n) is 2.66. The number of imidazole rings is 1. The van der Waals surface area contributed by atoms with Crippen LogP contribution < -0.4 is 4.72 Å². The Kier molecular flexibility index (Phi) is 4.72. The maximum absolute atomic E-state index is 12.3. The Morgan fingerprint density at radius 2 is 2.05 bits per heavy atom. The molecule has 20 heavy (non-hydrogen) atoms. The quantitative estimate of drug-likeness (QED) is 0.804. The molecule has 7 heteroatoms. The van der Waals surface area contributed by atoms with Gasteiger partial charge in [-0.2, -0.15) is 8.42 Å². The third kappa shape index (κ3) is 3.34. The SMILES string of the molecule is CCSc1ccccc1NS(=O)(=O)c1cnc(CC)[nH]1. The van der Waals surface area contributed by atoms with Crippen LogP contribution in [0.25, 0.3) is 0 Å². The summed E-state index contributed by atoms with van der Waals surface area (Å²) in [6, 6.07) is 7.35. The number of sulfonamides is 1. The lowest BCUT2D eigenvalue weighted by Crippen LogP contribution is -2.14. The number of H-pyrrole nitrogens is 1. The second-order valence-corrected chi connectivity index (χ2v) is 7.04. The molecule has 0 atom stereocenters. The first-order valence-electron chi connectivity index (χ1n) is 6.35. The lowest BCUT2D eigenvalue weighted by atomic mass is 10.3. The van der Waals surface area contributed by atoms with Crippen molar-refractivity contribution in [3.8, 4) is 0 Å². The molecule has 0 saturated heterocycles. The molecule has 1 aromatic carbocycles. The summed E-state index contributed by atoms with van der Waals surface area (Å²) in [7, 11) is -3.62. The monoisotopic (exact) mass is 311 g/mol. The molecule has 108 valence electrons. The number of thioether (sulfide) groups is 1. The summed E-state index contributed by atoms with van der Waals surface area (Å²) in [5.74, 6) is 1.53. The fourth-order valence-corrected chi connectivity index (χ4v) is 3.54. The normalized spacial score (nSPS) is 11.5. The number of anilines is 1. The van der Waals surface area contributed by atoms with Crippen LogP contribution in [-0.4, -0.2) is 24.1 Å². The minimum Gasteiger partial charge on any atom is -0.332 e. The van der Waals surface area contributed by atoms with Crippen molar-refractivity contribution in [2.75, 3.05) is 10.5 Å². The predicted molar refractivity (Wildman–Crippen MR) is 81.6 cm³/mol. The topological polar surface area (TPSA) is 74.8 Å². The molecule has 0 radical (unpaired) electrons. The van der Waals surface area contributed by atoms with Gasteiger partial charge in [-0.3, -0.25) is 4.72 Å². The first-order valence-corrected chi connectivity index (χ1v) is 8.82. The minimum atomic E-state index is -3.62. The van der Waals surface area contributed by atoms with Gasteiger partial charge in [-0.25, -0.2) is 4.98 Å². The van der Waals surface area contributed by atoms with Crippen molar-refractivity contribution in [3.63, 3.8) is 0 Å². The zero-order valence-electron chi connectivity index (χ0n) is 11.4. The van der Waals surface area contributed by atoms with Gasteiger partial charge in [0.1, 0.15) is 5.82 Å². The van der Waals surface area contributed by atoms with E-state index in [4.69, 9.17) is 0 Å². The lowest BCUT2D eigenvalue weighted by Gasteiger charge is -2.10. The Morgan fingerprint density at radius 3 is 2.70 bits per heavy atom. The Hall–Kier alpha value is -1.47. The molecule has 0 saturated carbocycles. The standard InChI is InChI=1S/C13H17N3O2S2/c1-3-12-14-9-13(15-12)20(17,18)16-10-7-5-6-8-11(10)19-4-2/h5-9,16H,3-4H2,1-2H3,(H,14,15). The Balaban J connectivity index is 2.28. The Labute approximate surface area is 123 Å². The molecule has 0 spiro atoms. The van der Waals surface area contributed by atoms with Crippen LogP contribution in [0.4, 0.5) is 5.69 Å². The molecule has 5 nitrogen and oxygen atoms in total. The molecule has 2 aromatic rings. The van der Waals surface area contributed by atoms with E-state index in [1.54, 1.807) is 17.8 Å². The highest BCUT2D eigenvalue weighted by Crippen LogP contribution is 2.28. The van der Waals surface area contributed by atoms with E-state index in [2.05, 4.69) is 14.7 Å². The van der Waals surface area contributed by atoms with Gasteiger partial charge in [-0.15, -0.1) is 11.8 Å². The van der Waals surface area contributed by atoms with Crippen molar-refractivity contribution in [2.45, 2.75) is 30.2 Å². The van der Waals surface area contributed by atoms with Crippen molar-refractivity contribution in [2.24, 2.45) is 0 Å². The molecule has 0 aliphatic rings. The van der Waals surface area contributed by atoms with E-state index in [-0.39, 0.29) is 5.03 Å². The van der Waals surface area contributed by atoms with Gasteiger partial charge in [0.25, 0.3) is 10.0 Å². The van der Waals surface area contributed by atoms with Gasteiger partial charge in [0.05, 0.1) is 11.9 Å². The van der Waals surface area contributed by atoms with Crippen molar-refractivity contribution in [1.82, 2.24) is 9.97 Å².